The van der Waals surface area contributed by atoms with E-state index in [1.165, 1.54) is 5.56 Å². The van der Waals surface area contributed by atoms with Gasteiger partial charge in [-0.2, -0.15) is 11.3 Å². The fourth-order valence-electron chi connectivity index (χ4n) is 1.27. The van der Waals surface area contributed by atoms with Crippen LogP contribution in [0.3, 0.4) is 0 Å². The van der Waals surface area contributed by atoms with Gasteiger partial charge in [0.15, 0.2) is 0 Å². The second-order valence-electron chi connectivity index (χ2n) is 3.28. The monoisotopic (exact) mass is 249 g/mol. The number of thiocarbonyl (C=S) groups is 1. The largest absolute Gasteiger partial charge is 0.388 e. The maximum Gasteiger partial charge on any atom is 0.122 e. The lowest BCUT2D eigenvalue weighted by Gasteiger charge is -2.06. The van der Waals surface area contributed by atoms with Crippen molar-refractivity contribution >= 4 is 34.2 Å². The van der Waals surface area contributed by atoms with Crippen LogP contribution in [0.4, 0.5) is 5.69 Å². The topological polar surface area (TPSA) is 50.9 Å². The standard InChI is InChI=1S/C11H11N3S2/c12-11(15)10-5-9(1-3-13-10)14-6-8-2-4-16-7-8/h1-5,7H,6H2,(H2,12,15)(H,13,14). The molecule has 16 heavy (non-hydrogen) atoms. The van der Waals surface area contributed by atoms with Gasteiger partial charge in [-0.15, -0.1) is 0 Å². The van der Waals surface area contributed by atoms with Crippen molar-refractivity contribution < 1.29 is 0 Å². The maximum atomic E-state index is 5.52. The van der Waals surface area contributed by atoms with Gasteiger partial charge < -0.3 is 11.1 Å². The number of pyridine rings is 1. The van der Waals surface area contributed by atoms with Crippen LogP contribution in [-0.2, 0) is 6.54 Å². The summed E-state index contributed by atoms with van der Waals surface area (Å²) in [4.78, 5) is 4.40. The normalized spacial score (nSPS) is 10.0. The van der Waals surface area contributed by atoms with Crippen LogP contribution in [0.5, 0.6) is 0 Å². The zero-order valence-corrected chi connectivity index (χ0v) is 10.1. The molecule has 0 radical (unpaired) electrons. The highest BCUT2D eigenvalue weighted by atomic mass is 32.1. The van der Waals surface area contributed by atoms with E-state index in [4.69, 9.17) is 18.0 Å². The van der Waals surface area contributed by atoms with Crippen LogP contribution >= 0.6 is 23.6 Å². The molecule has 5 heteroatoms. The molecule has 0 unspecified atom stereocenters. The third-order valence-corrected chi connectivity index (χ3v) is 3.03. The summed E-state index contributed by atoms with van der Waals surface area (Å²) < 4.78 is 0. The number of thiophene rings is 1. The fourth-order valence-corrected chi connectivity index (χ4v) is 2.05. The summed E-state index contributed by atoms with van der Waals surface area (Å²) in [6, 6.07) is 5.84. The van der Waals surface area contributed by atoms with Crippen molar-refractivity contribution in [3.63, 3.8) is 0 Å². The first-order valence-corrected chi connectivity index (χ1v) is 6.11. The molecule has 3 N–H and O–H groups in total. The van der Waals surface area contributed by atoms with E-state index in [0.29, 0.717) is 10.7 Å². The summed E-state index contributed by atoms with van der Waals surface area (Å²) in [5.74, 6) is 0. The molecule has 0 bridgehead atoms. The lowest BCUT2D eigenvalue weighted by Crippen LogP contribution is -2.11. The Hall–Kier alpha value is -1.46. The number of hydrogen-bond donors (Lipinski definition) is 2. The van der Waals surface area contributed by atoms with Gasteiger partial charge in [-0.1, -0.05) is 12.2 Å². The zero-order valence-electron chi connectivity index (χ0n) is 8.51. The molecule has 2 aromatic heterocycles. The molecule has 3 nitrogen and oxygen atoms in total. The van der Waals surface area contributed by atoms with Gasteiger partial charge in [-0.05, 0) is 34.5 Å². The molecule has 0 atom stereocenters. The van der Waals surface area contributed by atoms with Gasteiger partial charge in [0.1, 0.15) is 4.99 Å². The van der Waals surface area contributed by atoms with E-state index in [1.807, 2.05) is 12.1 Å². The third kappa shape index (κ3) is 2.77. The van der Waals surface area contributed by atoms with Crippen LogP contribution in [0.25, 0.3) is 0 Å². The number of anilines is 1. The first kappa shape index (κ1) is 11.0. The summed E-state index contributed by atoms with van der Waals surface area (Å²) in [5, 5.41) is 7.47. The average molecular weight is 249 g/mol. The zero-order chi connectivity index (χ0) is 11.4. The molecule has 2 rings (SSSR count). The molecule has 0 saturated heterocycles. The Labute approximate surface area is 103 Å². The van der Waals surface area contributed by atoms with Crippen molar-refractivity contribution in [1.29, 1.82) is 0 Å². The average Bonchev–Trinajstić information content (AvgIpc) is 2.79. The van der Waals surface area contributed by atoms with Gasteiger partial charge in [0.2, 0.25) is 0 Å². The molecule has 0 aliphatic rings. The molecule has 0 aromatic carbocycles. The van der Waals surface area contributed by atoms with Crippen molar-refractivity contribution in [2.24, 2.45) is 5.73 Å². The van der Waals surface area contributed by atoms with Crippen molar-refractivity contribution in [3.8, 4) is 0 Å². The minimum Gasteiger partial charge on any atom is -0.388 e. The van der Waals surface area contributed by atoms with Crippen molar-refractivity contribution in [2.75, 3.05) is 5.32 Å². The molecular weight excluding hydrogens is 238 g/mol. The molecule has 82 valence electrons. The van der Waals surface area contributed by atoms with Crippen molar-refractivity contribution in [2.45, 2.75) is 6.54 Å². The Kier molecular flexibility index (Phi) is 3.48. The van der Waals surface area contributed by atoms with E-state index in [9.17, 15) is 0 Å². The molecule has 0 fully saturated rings. The summed E-state index contributed by atoms with van der Waals surface area (Å²) in [7, 11) is 0. The van der Waals surface area contributed by atoms with Crippen molar-refractivity contribution in [1.82, 2.24) is 4.98 Å². The Morgan fingerprint density at radius 1 is 1.50 bits per heavy atom. The Balaban J connectivity index is 2.04. The van der Waals surface area contributed by atoms with Gasteiger partial charge in [-0.3, -0.25) is 4.98 Å². The Bertz CT molecular complexity index is 480. The smallest absolute Gasteiger partial charge is 0.122 e. The van der Waals surface area contributed by atoms with Crippen LogP contribution < -0.4 is 11.1 Å². The minimum atomic E-state index is 0.319. The van der Waals surface area contributed by atoms with Crippen LogP contribution in [0.15, 0.2) is 35.2 Å². The van der Waals surface area contributed by atoms with Gasteiger partial charge in [0, 0.05) is 18.4 Å². The van der Waals surface area contributed by atoms with Crippen LogP contribution in [0.1, 0.15) is 11.3 Å². The minimum absolute atomic E-state index is 0.319. The number of rotatable bonds is 4. The number of nitrogens with zero attached hydrogens (tertiary/aromatic N) is 1. The number of nitrogens with one attached hydrogen (secondary N) is 1. The summed E-state index contributed by atoms with van der Waals surface area (Å²) >= 11 is 6.56. The van der Waals surface area contributed by atoms with Crippen LogP contribution in [0.2, 0.25) is 0 Å². The van der Waals surface area contributed by atoms with E-state index >= 15 is 0 Å². The maximum absolute atomic E-state index is 5.52. The van der Waals surface area contributed by atoms with E-state index in [2.05, 4.69) is 27.1 Å². The molecule has 0 aliphatic carbocycles. The predicted molar refractivity (Wildman–Crippen MR) is 71.8 cm³/mol. The van der Waals surface area contributed by atoms with Gasteiger partial charge in [-0.25, -0.2) is 0 Å². The highest BCUT2D eigenvalue weighted by molar-refractivity contribution is 7.80. The van der Waals surface area contributed by atoms with E-state index in [1.54, 1.807) is 17.5 Å². The number of hydrogen-bond acceptors (Lipinski definition) is 4. The van der Waals surface area contributed by atoms with E-state index in [-0.39, 0.29) is 0 Å². The highest BCUT2D eigenvalue weighted by Gasteiger charge is 1.99. The number of nitrogens with two attached hydrogens (primary N) is 1. The van der Waals surface area contributed by atoms with Gasteiger partial charge in [0.05, 0.1) is 5.69 Å². The van der Waals surface area contributed by atoms with Crippen LogP contribution in [-0.4, -0.2) is 9.97 Å². The highest BCUT2D eigenvalue weighted by Crippen LogP contribution is 2.11. The summed E-state index contributed by atoms with van der Waals surface area (Å²) in [5.41, 5.74) is 8.40. The number of aromatic nitrogens is 1. The predicted octanol–water partition coefficient (Wildman–Crippen LogP) is 2.39. The molecule has 0 aliphatic heterocycles. The van der Waals surface area contributed by atoms with E-state index < -0.39 is 0 Å². The van der Waals surface area contributed by atoms with E-state index in [0.717, 1.165) is 12.2 Å². The molecule has 0 saturated carbocycles. The first-order valence-electron chi connectivity index (χ1n) is 4.76. The second kappa shape index (κ2) is 5.05. The lowest BCUT2D eigenvalue weighted by atomic mass is 10.3. The molecule has 0 amide bonds. The van der Waals surface area contributed by atoms with Crippen LogP contribution in [0, 0.1) is 0 Å². The van der Waals surface area contributed by atoms with Crippen molar-refractivity contribution in [3.05, 3.63) is 46.4 Å². The SMILES string of the molecule is NC(=S)c1cc(NCc2ccsc2)ccn1. The molecule has 0 spiro atoms. The Morgan fingerprint density at radius 3 is 3.06 bits per heavy atom. The first-order chi connectivity index (χ1) is 7.75. The molecule has 2 aromatic rings. The lowest BCUT2D eigenvalue weighted by molar-refractivity contribution is 1.15. The summed E-state index contributed by atoms with van der Waals surface area (Å²) in [6.07, 6.45) is 1.70. The summed E-state index contributed by atoms with van der Waals surface area (Å²) in [6.45, 7) is 0.796. The van der Waals surface area contributed by atoms with Gasteiger partial charge in [0.25, 0.3) is 0 Å². The second-order valence-corrected chi connectivity index (χ2v) is 4.50. The fraction of sp³-hybridized carbons (Fsp3) is 0.0909. The third-order valence-electron chi connectivity index (χ3n) is 2.09. The van der Waals surface area contributed by atoms with Gasteiger partial charge >= 0.3 is 0 Å². The quantitative estimate of drug-likeness (QED) is 0.817. The Morgan fingerprint density at radius 2 is 2.38 bits per heavy atom. The molecule has 2 heterocycles. The molecular formula is C11H11N3S2.